The van der Waals surface area contributed by atoms with Gasteiger partial charge < -0.3 is 19.6 Å². The molecule has 0 spiro atoms. The van der Waals surface area contributed by atoms with Crippen LogP contribution in [0, 0.1) is 11.7 Å². The zero-order valence-electron chi connectivity index (χ0n) is 16.2. The van der Waals surface area contributed by atoms with Crippen LogP contribution in [-0.4, -0.2) is 78.4 Å². The minimum atomic E-state index is -5.08. The first-order valence-electron chi connectivity index (χ1n) is 9.20. The summed E-state index contributed by atoms with van der Waals surface area (Å²) in [6.07, 6.45) is -4.08. The minimum Gasteiger partial charge on any atom is -0.475 e. The average Bonchev–Trinajstić information content (AvgIpc) is 3.11. The molecule has 0 radical (unpaired) electrons. The van der Waals surface area contributed by atoms with Gasteiger partial charge in [0.15, 0.2) is 0 Å². The van der Waals surface area contributed by atoms with Crippen LogP contribution in [0.5, 0.6) is 0 Å². The second-order valence-corrected chi connectivity index (χ2v) is 6.93. The van der Waals surface area contributed by atoms with Gasteiger partial charge in [0.05, 0.1) is 17.7 Å². The summed E-state index contributed by atoms with van der Waals surface area (Å²) in [5.41, 5.74) is 0.173. The lowest BCUT2D eigenvalue weighted by Gasteiger charge is -2.41. The quantitative estimate of drug-likeness (QED) is 0.762. The normalized spacial score (nSPS) is 24.5. The zero-order chi connectivity index (χ0) is 21.8. The van der Waals surface area contributed by atoms with E-state index in [1.807, 2.05) is 4.90 Å². The third-order valence-electron chi connectivity index (χ3n) is 5.30. The molecule has 0 bridgehead atoms. The summed E-state index contributed by atoms with van der Waals surface area (Å²) in [7, 11) is 1.74. The van der Waals surface area contributed by atoms with Gasteiger partial charge in [-0.3, -0.25) is 4.79 Å². The summed E-state index contributed by atoms with van der Waals surface area (Å²) < 4.78 is 51.3. The lowest BCUT2D eigenvalue weighted by molar-refractivity contribution is -0.192. The Hall–Kier alpha value is -2.20. The molecule has 2 fully saturated rings. The van der Waals surface area contributed by atoms with Crippen molar-refractivity contribution in [2.75, 3.05) is 33.3 Å². The topological polar surface area (TPSA) is 70.1 Å². The zero-order valence-corrected chi connectivity index (χ0v) is 16.2. The van der Waals surface area contributed by atoms with Crippen molar-refractivity contribution in [3.05, 3.63) is 35.6 Å². The molecule has 1 aromatic rings. The number of likely N-dealkylation sites (N-methyl/N-ethyl adjacent to an activating group) is 1. The predicted octanol–water partition coefficient (Wildman–Crippen LogP) is 2.64. The van der Waals surface area contributed by atoms with Gasteiger partial charge in [0.25, 0.3) is 5.91 Å². The molecule has 0 unspecified atom stereocenters. The number of aliphatic carboxylic acids is 1. The van der Waals surface area contributed by atoms with E-state index in [9.17, 15) is 22.4 Å². The molecule has 1 amide bonds. The van der Waals surface area contributed by atoms with Crippen molar-refractivity contribution in [1.82, 2.24) is 9.80 Å². The highest BCUT2D eigenvalue weighted by molar-refractivity contribution is 5.94. The summed E-state index contributed by atoms with van der Waals surface area (Å²) in [4.78, 5) is 25.9. The molecule has 2 saturated heterocycles. The van der Waals surface area contributed by atoms with Gasteiger partial charge in [-0.1, -0.05) is 19.1 Å². The molecule has 3 atom stereocenters. The fraction of sp³-hybridized carbons (Fsp3) is 0.579. The van der Waals surface area contributed by atoms with Crippen molar-refractivity contribution in [3.63, 3.8) is 0 Å². The highest BCUT2D eigenvalue weighted by Crippen LogP contribution is 2.33. The third-order valence-corrected chi connectivity index (χ3v) is 5.30. The Morgan fingerprint density at radius 3 is 2.38 bits per heavy atom. The van der Waals surface area contributed by atoms with Gasteiger partial charge in [0.2, 0.25) is 0 Å². The molecule has 2 aliphatic heterocycles. The van der Waals surface area contributed by atoms with E-state index >= 15 is 0 Å². The summed E-state index contributed by atoms with van der Waals surface area (Å²) in [6, 6.07) is 6.36. The number of carbonyl (C=O) groups is 2. The molecular weight excluding hydrogens is 396 g/mol. The van der Waals surface area contributed by atoms with Gasteiger partial charge in [0.1, 0.15) is 5.82 Å². The van der Waals surface area contributed by atoms with Crippen molar-refractivity contribution in [1.29, 1.82) is 0 Å². The molecular formula is C19H24F4N2O4. The average molecular weight is 420 g/mol. The number of benzene rings is 1. The molecule has 10 heteroatoms. The van der Waals surface area contributed by atoms with E-state index in [0.717, 1.165) is 26.1 Å². The van der Waals surface area contributed by atoms with Crippen LogP contribution in [0.25, 0.3) is 0 Å². The van der Waals surface area contributed by atoms with Gasteiger partial charge in [-0.25, -0.2) is 9.18 Å². The van der Waals surface area contributed by atoms with E-state index in [1.54, 1.807) is 25.3 Å². The molecule has 0 aromatic heterocycles. The van der Waals surface area contributed by atoms with Crippen molar-refractivity contribution in [2.24, 2.45) is 5.92 Å². The van der Waals surface area contributed by atoms with E-state index in [4.69, 9.17) is 14.6 Å². The van der Waals surface area contributed by atoms with E-state index in [-0.39, 0.29) is 23.6 Å². The van der Waals surface area contributed by atoms with E-state index < -0.39 is 18.0 Å². The fourth-order valence-corrected chi connectivity index (χ4v) is 3.83. The molecule has 0 aliphatic carbocycles. The van der Waals surface area contributed by atoms with E-state index in [1.165, 1.54) is 6.07 Å². The third kappa shape index (κ3) is 5.45. The van der Waals surface area contributed by atoms with Crippen LogP contribution < -0.4 is 0 Å². The van der Waals surface area contributed by atoms with E-state index in [0.29, 0.717) is 12.5 Å². The number of carboxylic acids is 1. The highest BCUT2D eigenvalue weighted by atomic mass is 19.4. The number of carbonyl (C=O) groups excluding carboxylic acids is 1. The van der Waals surface area contributed by atoms with Crippen LogP contribution in [-0.2, 0) is 9.53 Å². The smallest absolute Gasteiger partial charge is 0.475 e. The van der Waals surface area contributed by atoms with Crippen LogP contribution in [0.1, 0.15) is 23.7 Å². The second kappa shape index (κ2) is 9.53. The minimum absolute atomic E-state index is 0.116. The van der Waals surface area contributed by atoms with Gasteiger partial charge in [-0.15, -0.1) is 0 Å². The van der Waals surface area contributed by atoms with Crippen molar-refractivity contribution < 1.29 is 37.0 Å². The van der Waals surface area contributed by atoms with Crippen molar-refractivity contribution in [3.8, 4) is 0 Å². The van der Waals surface area contributed by atoms with Crippen molar-refractivity contribution in [2.45, 2.75) is 31.7 Å². The second-order valence-electron chi connectivity index (χ2n) is 6.93. The first kappa shape index (κ1) is 23.1. The molecule has 29 heavy (non-hydrogen) atoms. The molecule has 162 valence electrons. The SMILES string of the molecule is CCN1C[C@H]2[C@@H](C1)N(C(=O)c1ccccc1F)CC[C@H]2OC.O=C(O)C(F)(F)F. The van der Waals surface area contributed by atoms with Crippen molar-refractivity contribution >= 4 is 11.9 Å². The number of ether oxygens (including phenoxy) is 1. The van der Waals surface area contributed by atoms with Crippen LogP contribution in [0.3, 0.4) is 0 Å². The first-order valence-corrected chi connectivity index (χ1v) is 9.20. The molecule has 0 saturated carbocycles. The van der Waals surface area contributed by atoms with Gasteiger partial charge in [-0.2, -0.15) is 13.2 Å². The molecule has 3 rings (SSSR count). The Kier molecular flexibility index (Phi) is 7.59. The molecule has 2 heterocycles. The van der Waals surface area contributed by atoms with Crippen LogP contribution in [0.4, 0.5) is 17.6 Å². The standard InChI is InChI=1S/C17H23FN2O2.C2HF3O2/c1-3-19-10-13-15(11-19)20(9-8-16(13)22-2)17(21)12-6-4-5-7-14(12)18;3-2(4,5)1(6)7/h4-7,13,15-16H,3,8-11H2,1-2H3;(H,6,7)/t13-,15+,16+;/m0./s1. The number of carboxylic acid groups (broad SMARTS) is 1. The molecule has 2 aliphatic rings. The Morgan fingerprint density at radius 1 is 1.24 bits per heavy atom. The number of alkyl halides is 3. The number of fused-ring (bicyclic) bond motifs is 1. The Labute approximate surface area is 166 Å². The Morgan fingerprint density at radius 2 is 1.86 bits per heavy atom. The van der Waals surface area contributed by atoms with Crippen LogP contribution in [0.2, 0.25) is 0 Å². The Bertz CT molecular complexity index is 728. The maximum absolute atomic E-state index is 13.9. The number of nitrogens with zero attached hydrogens (tertiary/aromatic N) is 2. The lowest BCUT2D eigenvalue weighted by Crippen LogP contribution is -2.53. The number of hydrogen-bond donors (Lipinski definition) is 1. The van der Waals surface area contributed by atoms with Gasteiger partial charge in [0, 0.05) is 32.7 Å². The number of piperidine rings is 1. The number of hydrogen-bond acceptors (Lipinski definition) is 4. The maximum Gasteiger partial charge on any atom is 0.490 e. The number of amides is 1. The summed E-state index contributed by atoms with van der Waals surface area (Å²) >= 11 is 0. The molecule has 1 N–H and O–H groups in total. The first-order chi connectivity index (χ1) is 13.6. The lowest BCUT2D eigenvalue weighted by atomic mass is 9.88. The van der Waals surface area contributed by atoms with Gasteiger partial charge in [-0.05, 0) is 25.1 Å². The van der Waals surface area contributed by atoms with Crippen LogP contribution >= 0.6 is 0 Å². The summed E-state index contributed by atoms with van der Waals surface area (Å²) in [6.45, 7) is 5.51. The van der Waals surface area contributed by atoms with E-state index in [2.05, 4.69) is 11.8 Å². The van der Waals surface area contributed by atoms with Crippen LogP contribution in [0.15, 0.2) is 24.3 Å². The number of methoxy groups -OCH3 is 1. The number of likely N-dealkylation sites (tertiary alicyclic amines) is 2. The number of halogens is 4. The largest absolute Gasteiger partial charge is 0.490 e. The highest BCUT2D eigenvalue weighted by Gasteiger charge is 2.46. The van der Waals surface area contributed by atoms with Gasteiger partial charge >= 0.3 is 12.1 Å². The summed E-state index contributed by atoms with van der Waals surface area (Å²) in [5, 5.41) is 7.12. The molecule has 1 aromatic carbocycles. The summed E-state index contributed by atoms with van der Waals surface area (Å²) in [5.74, 6) is -3.08. The number of rotatable bonds is 3. The molecule has 6 nitrogen and oxygen atoms in total. The Balaban J connectivity index is 0.000000370. The monoisotopic (exact) mass is 420 g/mol. The maximum atomic E-state index is 13.9. The predicted molar refractivity (Wildman–Crippen MR) is 95.9 cm³/mol. The fourth-order valence-electron chi connectivity index (χ4n) is 3.83.